The van der Waals surface area contributed by atoms with Crippen LogP contribution >= 0.6 is 11.3 Å². The fourth-order valence-electron chi connectivity index (χ4n) is 0.907. The summed E-state index contributed by atoms with van der Waals surface area (Å²) in [5.74, 6) is 0.702. The van der Waals surface area contributed by atoms with E-state index in [9.17, 15) is 4.79 Å². The molecule has 1 aromatic heterocycles. The highest BCUT2D eigenvalue weighted by molar-refractivity contribution is 7.13. The fourth-order valence-corrected chi connectivity index (χ4v) is 1.66. The number of aldehydes is 1. The number of aromatic nitrogens is 1. The largest absolute Gasteiger partial charge is 0.297 e. The van der Waals surface area contributed by atoms with Gasteiger partial charge >= 0.3 is 0 Å². The van der Waals surface area contributed by atoms with Gasteiger partial charge in [-0.05, 0) is 18.8 Å². The summed E-state index contributed by atoms with van der Waals surface area (Å²) in [6.07, 6.45) is 4.64. The van der Waals surface area contributed by atoms with Gasteiger partial charge in [-0.25, -0.2) is 4.98 Å². The van der Waals surface area contributed by atoms with Crippen molar-refractivity contribution in [2.75, 3.05) is 0 Å². The first-order valence-corrected chi connectivity index (χ1v) is 4.94. The lowest BCUT2D eigenvalue weighted by Gasteiger charge is -1.99. The summed E-state index contributed by atoms with van der Waals surface area (Å²) in [6, 6.07) is 0. The second-order valence-electron chi connectivity index (χ2n) is 3.21. The predicted molar refractivity (Wildman–Crippen MR) is 50.7 cm³/mol. The Kier molecular flexibility index (Phi) is 3.41. The van der Waals surface area contributed by atoms with E-state index in [1.165, 1.54) is 11.3 Å². The third-order valence-corrected chi connectivity index (χ3v) is 2.61. The second-order valence-corrected chi connectivity index (χ2v) is 4.35. The molecule has 1 rings (SSSR count). The minimum Gasteiger partial charge on any atom is -0.297 e. The van der Waals surface area contributed by atoms with Crippen molar-refractivity contribution in [2.24, 2.45) is 5.92 Å². The molecule has 0 N–H and O–H groups in total. The fraction of sp³-hybridized carbons (Fsp3) is 0.556. The van der Waals surface area contributed by atoms with Gasteiger partial charge in [0.15, 0.2) is 6.29 Å². The van der Waals surface area contributed by atoms with E-state index in [1.54, 1.807) is 6.20 Å². The van der Waals surface area contributed by atoms with Gasteiger partial charge in [0.2, 0.25) is 0 Å². The van der Waals surface area contributed by atoms with Crippen molar-refractivity contribution in [3.8, 4) is 0 Å². The minimum atomic E-state index is 0.702. The van der Waals surface area contributed by atoms with E-state index in [0.29, 0.717) is 5.92 Å². The molecule has 0 aromatic carbocycles. The van der Waals surface area contributed by atoms with Gasteiger partial charge in [-0.1, -0.05) is 13.8 Å². The van der Waals surface area contributed by atoms with E-state index in [0.717, 1.165) is 29.0 Å². The first-order chi connectivity index (χ1) is 5.72. The van der Waals surface area contributed by atoms with Crippen molar-refractivity contribution in [2.45, 2.75) is 26.7 Å². The second kappa shape index (κ2) is 4.36. The third-order valence-electron chi connectivity index (χ3n) is 1.62. The van der Waals surface area contributed by atoms with Gasteiger partial charge < -0.3 is 0 Å². The van der Waals surface area contributed by atoms with Crippen LogP contribution in [0.15, 0.2) is 6.20 Å². The van der Waals surface area contributed by atoms with Crippen molar-refractivity contribution in [1.82, 2.24) is 4.98 Å². The molecule has 1 heterocycles. The van der Waals surface area contributed by atoms with Crippen molar-refractivity contribution >= 4 is 17.6 Å². The normalized spacial score (nSPS) is 10.6. The maximum atomic E-state index is 10.3. The molecule has 0 saturated carbocycles. The van der Waals surface area contributed by atoms with E-state index in [2.05, 4.69) is 18.8 Å². The Morgan fingerprint density at radius 1 is 1.67 bits per heavy atom. The quantitative estimate of drug-likeness (QED) is 0.671. The average molecular weight is 183 g/mol. The Balaban J connectivity index is 2.47. The van der Waals surface area contributed by atoms with Crippen LogP contribution < -0.4 is 0 Å². The van der Waals surface area contributed by atoms with Crippen LogP contribution in [-0.2, 0) is 6.42 Å². The summed E-state index contributed by atoms with van der Waals surface area (Å²) in [4.78, 5) is 15.2. The molecular weight excluding hydrogens is 170 g/mol. The molecule has 1 aromatic rings. The number of rotatable bonds is 4. The molecule has 12 heavy (non-hydrogen) atoms. The van der Waals surface area contributed by atoms with Crippen LogP contribution in [0.25, 0.3) is 0 Å². The number of carbonyl (C=O) groups excluding carboxylic acids is 1. The van der Waals surface area contributed by atoms with Gasteiger partial charge in [0, 0.05) is 6.20 Å². The van der Waals surface area contributed by atoms with E-state index in [4.69, 9.17) is 0 Å². The summed E-state index contributed by atoms with van der Waals surface area (Å²) >= 11 is 1.50. The standard InChI is InChI=1S/C9H13NOS/c1-7(2)3-4-9-10-5-8(6-11)12-9/h5-7H,3-4H2,1-2H3. The minimum absolute atomic E-state index is 0.702. The maximum Gasteiger partial charge on any atom is 0.161 e. The Labute approximate surface area is 76.6 Å². The lowest BCUT2D eigenvalue weighted by molar-refractivity contribution is 0.112. The molecule has 0 amide bonds. The molecule has 0 saturated heterocycles. The van der Waals surface area contributed by atoms with Crippen LogP contribution in [0.4, 0.5) is 0 Å². The summed E-state index contributed by atoms with van der Waals surface area (Å²) in [5, 5.41) is 1.07. The molecule has 0 aliphatic rings. The number of hydrogen-bond acceptors (Lipinski definition) is 3. The highest BCUT2D eigenvalue weighted by atomic mass is 32.1. The zero-order valence-corrected chi connectivity index (χ0v) is 8.23. The summed E-state index contributed by atoms with van der Waals surface area (Å²) in [6.45, 7) is 4.38. The van der Waals surface area contributed by atoms with Gasteiger partial charge in [0.25, 0.3) is 0 Å². The summed E-state index contributed by atoms with van der Waals surface area (Å²) in [7, 11) is 0. The number of thiazole rings is 1. The molecular formula is C9H13NOS. The maximum absolute atomic E-state index is 10.3. The van der Waals surface area contributed by atoms with Crippen molar-refractivity contribution in [3.05, 3.63) is 16.1 Å². The lowest BCUT2D eigenvalue weighted by atomic mass is 10.1. The van der Waals surface area contributed by atoms with Crippen molar-refractivity contribution in [3.63, 3.8) is 0 Å². The predicted octanol–water partition coefficient (Wildman–Crippen LogP) is 2.54. The molecule has 0 bridgehead atoms. The molecule has 0 aliphatic heterocycles. The number of aryl methyl sites for hydroxylation is 1. The van der Waals surface area contributed by atoms with Crippen LogP contribution in [-0.4, -0.2) is 11.3 Å². The number of hydrogen-bond donors (Lipinski definition) is 0. The number of nitrogens with zero attached hydrogens (tertiary/aromatic N) is 1. The van der Waals surface area contributed by atoms with Crippen LogP contribution in [0, 0.1) is 5.92 Å². The average Bonchev–Trinajstić information content (AvgIpc) is 2.48. The van der Waals surface area contributed by atoms with Gasteiger partial charge in [0.1, 0.15) is 0 Å². The Morgan fingerprint density at radius 3 is 2.92 bits per heavy atom. The highest BCUT2D eigenvalue weighted by Crippen LogP contribution is 2.14. The van der Waals surface area contributed by atoms with Crippen molar-refractivity contribution < 1.29 is 4.79 Å². The molecule has 0 radical (unpaired) electrons. The zero-order chi connectivity index (χ0) is 8.97. The number of carbonyl (C=O) groups is 1. The van der Waals surface area contributed by atoms with Gasteiger partial charge in [-0.2, -0.15) is 0 Å². The van der Waals surface area contributed by atoms with Crippen LogP contribution in [0.5, 0.6) is 0 Å². The molecule has 0 aliphatic carbocycles. The first kappa shape index (κ1) is 9.39. The highest BCUT2D eigenvalue weighted by Gasteiger charge is 2.01. The van der Waals surface area contributed by atoms with E-state index < -0.39 is 0 Å². The molecule has 0 spiro atoms. The monoisotopic (exact) mass is 183 g/mol. The topological polar surface area (TPSA) is 30.0 Å². The van der Waals surface area contributed by atoms with Crippen LogP contribution in [0.1, 0.15) is 34.9 Å². The van der Waals surface area contributed by atoms with Gasteiger partial charge in [0.05, 0.1) is 9.88 Å². The zero-order valence-electron chi connectivity index (χ0n) is 7.41. The van der Waals surface area contributed by atoms with Crippen molar-refractivity contribution in [1.29, 1.82) is 0 Å². The SMILES string of the molecule is CC(C)CCc1ncc(C=O)s1. The molecule has 0 unspecified atom stereocenters. The van der Waals surface area contributed by atoms with E-state index in [1.807, 2.05) is 0 Å². The Hall–Kier alpha value is -0.700. The van der Waals surface area contributed by atoms with Gasteiger partial charge in [-0.15, -0.1) is 11.3 Å². The lowest BCUT2D eigenvalue weighted by Crippen LogP contribution is -1.90. The Morgan fingerprint density at radius 2 is 2.42 bits per heavy atom. The molecule has 0 atom stereocenters. The molecule has 2 nitrogen and oxygen atoms in total. The Bertz CT molecular complexity index is 255. The smallest absolute Gasteiger partial charge is 0.161 e. The summed E-state index contributed by atoms with van der Waals surface area (Å²) < 4.78 is 0. The summed E-state index contributed by atoms with van der Waals surface area (Å²) in [5.41, 5.74) is 0. The molecule has 66 valence electrons. The van der Waals surface area contributed by atoms with Crippen LogP contribution in [0.2, 0.25) is 0 Å². The molecule has 3 heteroatoms. The van der Waals surface area contributed by atoms with E-state index >= 15 is 0 Å². The first-order valence-electron chi connectivity index (χ1n) is 4.12. The van der Waals surface area contributed by atoms with E-state index in [-0.39, 0.29) is 0 Å². The van der Waals surface area contributed by atoms with Crippen LogP contribution in [0.3, 0.4) is 0 Å². The third kappa shape index (κ3) is 2.74. The molecule has 0 fully saturated rings. The van der Waals surface area contributed by atoms with Gasteiger partial charge in [-0.3, -0.25) is 4.79 Å².